The first-order valence-electron chi connectivity index (χ1n) is 6.07. The first-order valence-corrected chi connectivity index (χ1v) is 7.66. The van der Waals surface area contributed by atoms with Crippen LogP contribution in [0, 0.1) is 6.92 Å². The molecule has 0 fully saturated rings. The topological polar surface area (TPSA) is 51.8 Å². The summed E-state index contributed by atoms with van der Waals surface area (Å²) in [6, 6.07) is 9.35. The number of ether oxygens (including phenoxy) is 1. The van der Waals surface area contributed by atoms with Crippen LogP contribution in [0.2, 0.25) is 0 Å². The van der Waals surface area contributed by atoms with E-state index < -0.39 is 5.97 Å². The Bertz CT molecular complexity index is 753. The maximum atomic E-state index is 11.9. The molecule has 2 heterocycles. The van der Waals surface area contributed by atoms with Crippen LogP contribution in [0.15, 0.2) is 54.6 Å². The minimum absolute atomic E-state index is 0.208. The number of furan rings is 1. The second-order valence-electron chi connectivity index (χ2n) is 4.47. The van der Waals surface area contributed by atoms with E-state index in [2.05, 4.69) is 36.9 Å². The highest BCUT2D eigenvalue weighted by atomic mass is 79.9. The molecule has 0 atom stereocenters. The van der Waals surface area contributed by atoms with E-state index in [4.69, 9.17) is 9.15 Å². The monoisotopic (exact) mass is 409 g/mol. The molecule has 3 rings (SSSR count). The van der Waals surface area contributed by atoms with E-state index in [0.717, 1.165) is 15.6 Å². The third kappa shape index (κ3) is 3.01. The summed E-state index contributed by atoms with van der Waals surface area (Å²) in [6.45, 7) is 1.99. The molecule has 4 nitrogen and oxygen atoms in total. The van der Waals surface area contributed by atoms with Crippen LogP contribution in [0.5, 0.6) is 0 Å². The zero-order chi connectivity index (χ0) is 15.0. The Hall–Kier alpha value is -1.66. The lowest BCUT2D eigenvalue weighted by Crippen LogP contribution is -2.05. The van der Waals surface area contributed by atoms with E-state index in [0.29, 0.717) is 16.3 Å². The molecule has 106 valence electrons. The minimum atomic E-state index is -0.491. The molecule has 1 aliphatic heterocycles. The quantitative estimate of drug-likeness (QED) is 0.542. The molecule has 0 unspecified atom stereocenters. The number of halogens is 2. The minimum Gasteiger partial charge on any atom is -0.449 e. The fourth-order valence-corrected chi connectivity index (χ4v) is 2.41. The fourth-order valence-electron chi connectivity index (χ4n) is 1.80. The smallest absolute Gasteiger partial charge is 0.363 e. The van der Waals surface area contributed by atoms with Gasteiger partial charge in [-0.25, -0.2) is 9.79 Å². The molecule has 0 radical (unpaired) electrons. The van der Waals surface area contributed by atoms with Crippen LogP contribution in [0.4, 0.5) is 0 Å². The van der Waals surface area contributed by atoms with Gasteiger partial charge in [0.05, 0.1) is 4.47 Å². The van der Waals surface area contributed by atoms with Crippen molar-refractivity contribution in [1.82, 2.24) is 0 Å². The SMILES string of the molecule is Cc1ccc(C2=N/C(=C\c3cc(Br)c(Br)o3)C(=O)O2)cc1. The number of aliphatic imine (C=N–C) groups is 1. The highest BCUT2D eigenvalue weighted by Crippen LogP contribution is 2.29. The lowest BCUT2D eigenvalue weighted by molar-refractivity contribution is -0.129. The van der Waals surface area contributed by atoms with Gasteiger partial charge in [0.15, 0.2) is 10.4 Å². The Kier molecular flexibility index (Phi) is 3.82. The lowest BCUT2D eigenvalue weighted by atomic mass is 10.1. The van der Waals surface area contributed by atoms with Gasteiger partial charge >= 0.3 is 5.97 Å². The molecule has 0 saturated heterocycles. The molecule has 2 aromatic rings. The van der Waals surface area contributed by atoms with Crippen LogP contribution in [0.3, 0.4) is 0 Å². The van der Waals surface area contributed by atoms with Gasteiger partial charge in [-0.3, -0.25) is 0 Å². The Balaban J connectivity index is 1.93. The van der Waals surface area contributed by atoms with Crippen molar-refractivity contribution in [2.24, 2.45) is 4.99 Å². The molecular weight excluding hydrogens is 402 g/mol. The van der Waals surface area contributed by atoms with Crippen LogP contribution in [-0.4, -0.2) is 11.9 Å². The maximum Gasteiger partial charge on any atom is 0.363 e. The third-order valence-corrected chi connectivity index (χ3v) is 4.57. The number of benzene rings is 1. The zero-order valence-corrected chi connectivity index (χ0v) is 14.1. The van der Waals surface area contributed by atoms with E-state index in [9.17, 15) is 4.79 Å². The molecule has 1 aliphatic rings. The van der Waals surface area contributed by atoms with Gasteiger partial charge in [-0.05, 0) is 57.0 Å². The molecule has 0 amide bonds. The predicted molar refractivity (Wildman–Crippen MR) is 85.9 cm³/mol. The van der Waals surface area contributed by atoms with Crippen molar-refractivity contribution >= 4 is 49.8 Å². The predicted octanol–water partition coefficient (Wildman–Crippen LogP) is 4.46. The van der Waals surface area contributed by atoms with Crippen molar-refractivity contribution in [3.8, 4) is 0 Å². The van der Waals surface area contributed by atoms with E-state index >= 15 is 0 Å². The van der Waals surface area contributed by atoms with Gasteiger partial charge < -0.3 is 9.15 Å². The molecule has 21 heavy (non-hydrogen) atoms. The molecule has 1 aromatic carbocycles. The number of hydrogen-bond donors (Lipinski definition) is 0. The summed E-state index contributed by atoms with van der Waals surface area (Å²) in [5, 5.41) is 0. The van der Waals surface area contributed by atoms with E-state index in [1.54, 1.807) is 12.1 Å². The third-order valence-electron chi connectivity index (χ3n) is 2.86. The Morgan fingerprint density at radius 2 is 1.90 bits per heavy atom. The van der Waals surface area contributed by atoms with Crippen molar-refractivity contribution in [2.75, 3.05) is 0 Å². The van der Waals surface area contributed by atoms with E-state index in [1.165, 1.54) is 0 Å². The number of carbonyl (C=O) groups excluding carboxylic acids is 1. The van der Waals surface area contributed by atoms with Crippen molar-refractivity contribution in [3.05, 3.63) is 62.1 Å². The number of hydrogen-bond acceptors (Lipinski definition) is 4. The zero-order valence-electron chi connectivity index (χ0n) is 10.9. The van der Waals surface area contributed by atoms with Gasteiger partial charge in [-0.2, -0.15) is 0 Å². The average Bonchev–Trinajstić information content (AvgIpc) is 2.95. The van der Waals surface area contributed by atoms with E-state index in [-0.39, 0.29) is 5.70 Å². The summed E-state index contributed by atoms with van der Waals surface area (Å²) in [6.07, 6.45) is 1.54. The largest absolute Gasteiger partial charge is 0.449 e. The molecule has 0 N–H and O–H groups in total. The Labute approximate surface area is 137 Å². The number of nitrogens with zero attached hydrogens (tertiary/aromatic N) is 1. The van der Waals surface area contributed by atoms with Gasteiger partial charge in [0.2, 0.25) is 5.90 Å². The first kappa shape index (κ1) is 14.3. The maximum absolute atomic E-state index is 11.9. The normalized spacial score (nSPS) is 16.2. The Morgan fingerprint density at radius 1 is 1.19 bits per heavy atom. The van der Waals surface area contributed by atoms with Crippen molar-refractivity contribution < 1.29 is 13.9 Å². The summed E-state index contributed by atoms with van der Waals surface area (Å²) < 4.78 is 11.9. The molecule has 6 heteroatoms. The molecule has 0 bridgehead atoms. The van der Waals surface area contributed by atoms with Crippen molar-refractivity contribution in [2.45, 2.75) is 6.92 Å². The number of esters is 1. The van der Waals surface area contributed by atoms with Gasteiger partial charge in [0, 0.05) is 11.6 Å². The second-order valence-corrected chi connectivity index (χ2v) is 6.05. The van der Waals surface area contributed by atoms with Crippen LogP contribution < -0.4 is 0 Å². The molecular formula is C15H9Br2NO3. The van der Waals surface area contributed by atoms with Gasteiger partial charge in [0.25, 0.3) is 0 Å². The fraction of sp³-hybridized carbons (Fsp3) is 0.0667. The first-order chi connectivity index (χ1) is 10.0. The molecule has 0 spiro atoms. The van der Waals surface area contributed by atoms with Crippen molar-refractivity contribution in [1.29, 1.82) is 0 Å². The van der Waals surface area contributed by atoms with Gasteiger partial charge in [0.1, 0.15) is 5.76 Å². The van der Waals surface area contributed by atoms with Gasteiger partial charge in [-0.1, -0.05) is 17.7 Å². The highest BCUT2D eigenvalue weighted by molar-refractivity contribution is 9.13. The lowest BCUT2D eigenvalue weighted by Gasteiger charge is -1.99. The van der Waals surface area contributed by atoms with E-state index in [1.807, 2.05) is 31.2 Å². The highest BCUT2D eigenvalue weighted by Gasteiger charge is 2.24. The number of rotatable bonds is 2. The Morgan fingerprint density at radius 3 is 2.52 bits per heavy atom. The van der Waals surface area contributed by atoms with Crippen molar-refractivity contribution in [3.63, 3.8) is 0 Å². The number of cyclic esters (lactones) is 1. The summed E-state index contributed by atoms with van der Waals surface area (Å²) in [4.78, 5) is 16.1. The second kappa shape index (κ2) is 5.61. The van der Waals surface area contributed by atoms with Crippen LogP contribution in [0.1, 0.15) is 16.9 Å². The standard InChI is InChI=1S/C15H9Br2NO3/c1-8-2-4-9(5-3-8)14-18-12(15(19)21-14)7-10-6-11(16)13(17)20-10/h2-7H,1H3/b12-7-. The molecule has 1 aromatic heterocycles. The van der Waals surface area contributed by atoms with Crippen LogP contribution in [-0.2, 0) is 9.53 Å². The number of aryl methyl sites for hydroxylation is 1. The number of carbonyl (C=O) groups is 1. The average molecular weight is 411 g/mol. The summed E-state index contributed by atoms with van der Waals surface area (Å²) in [5.74, 6) is 0.319. The summed E-state index contributed by atoms with van der Waals surface area (Å²) in [5.41, 5.74) is 2.10. The molecule has 0 aliphatic carbocycles. The van der Waals surface area contributed by atoms with Gasteiger partial charge in [-0.15, -0.1) is 0 Å². The van der Waals surface area contributed by atoms with Crippen LogP contribution >= 0.6 is 31.9 Å². The molecule has 0 saturated carbocycles. The summed E-state index contributed by atoms with van der Waals surface area (Å²) in [7, 11) is 0. The summed E-state index contributed by atoms with van der Waals surface area (Å²) >= 11 is 6.56. The van der Waals surface area contributed by atoms with Crippen LogP contribution in [0.25, 0.3) is 6.08 Å².